The maximum atomic E-state index is 12.1. The molecule has 2 aliphatic rings. The highest BCUT2D eigenvalue weighted by Crippen LogP contribution is 2.19. The van der Waals surface area contributed by atoms with Gasteiger partial charge >= 0.3 is 0 Å². The Hall–Kier alpha value is -1.40. The summed E-state index contributed by atoms with van der Waals surface area (Å²) in [4.78, 5) is 30.8. The fraction of sp³-hybridized carbons (Fsp3) is 0.600. The summed E-state index contributed by atoms with van der Waals surface area (Å²) in [6.07, 6.45) is 0.530. The van der Waals surface area contributed by atoms with E-state index >= 15 is 0 Å². The number of likely N-dealkylation sites (tertiary alicyclic amines) is 1. The van der Waals surface area contributed by atoms with Gasteiger partial charge in [0.25, 0.3) is 0 Å². The van der Waals surface area contributed by atoms with Gasteiger partial charge < -0.3 is 9.80 Å². The largest absolute Gasteiger partial charge is 0.340 e. The Morgan fingerprint density at radius 2 is 1.90 bits per heavy atom. The van der Waals surface area contributed by atoms with E-state index in [9.17, 15) is 9.59 Å². The summed E-state index contributed by atoms with van der Waals surface area (Å²) >= 11 is 1.64. The molecule has 0 unspecified atom stereocenters. The van der Waals surface area contributed by atoms with Gasteiger partial charge in [0.2, 0.25) is 11.8 Å². The molecular weight excluding hydrogens is 286 g/mol. The lowest BCUT2D eigenvalue weighted by molar-refractivity contribution is -0.139. The van der Waals surface area contributed by atoms with Crippen molar-refractivity contribution in [2.45, 2.75) is 19.4 Å². The second-order valence-corrected chi connectivity index (χ2v) is 6.78. The van der Waals surface area contributed by atoms with Gasteiger partial charge in [0.05, 0.1) is 6.42 Å². The molecular formula is C15H21N3O2S. The van der Waals surface area contributed by atoms with Crippen molar-refractivity contribution in [3.8, 4) is 0 Å². The number of hydrogen-bond donors (Lipinski definition) is 0. The van der Waals surface area contributed by atoms with E-state index in [1.807, 2.05) is 27.3 Å². The second kappa shape index (κ2) is 6.15. The van der Waals surface area contributed by atoms with Gasteiger partial charge in [-0.05, 0) is 11.4 Å². The molecule has 0 bridgehead atoms. The molecule has 0 spiro atoms. The molecule has 3 heterocycles. The molecule has 21 heavy (non-hydrogen) atoms. The first-order chi connectivity index (χ1) is 10.1. The van der Waals surface area contributed by atoms with Crippen molar-refractivity contribution in [3.05, 3.63) is 22.4 Å². The van der Waals surface area contributed by atoms with E-state index < -0.39 is 0 Å². The fourth-order valence-electron chi connectivity index (χ4n) is 2.97. The topological polar surface area (TPSA) is 43.9 Å². The van der Waals surface area contributed by atoms with Crippen LogP contribution in [0.25, 0.3) is 0 Å². The average Bonchev–Trinajstić information content (AvgIpc) is 2.90. The van der Waals surface area contributed by atoms with Crippen LogP contribution in [-0.4, -0.2) is 71.8 Å². The first-order valence-corrected chi connectivity index (χ1v) is 8.31. The Morgan fingerprint density at radius 3 is 2.48 bits per heavy atom. The van der Waals surface area contributed by atoms with Gasteiger partial charge in [-0.25, -0.2) is 0 Å². The Balaban J connectivity index is 1.42. The summed E-state index contributed by atoms with van der Waals surface area (Å²) in [5, 5.41) is 2.01. The molecule has 0 saturated carbocycles. The Bertz CT molecular complexity index is 503. The number of nitrogens with zero attached hydrogens (tertiary/aromatic N) is 3. The summed E-state index contributed by atoms with van der Waals surface area (Å²) < 4.78 is 0. The van der Waals surface area contributed by atoms with E-state index in [1.165, 1.54) is 0 Å². The van der Waals surface area contributed by atoms with Gasteiger partial charge in [0.15, 0.2) is 0 Å². The van der Waals surface area contributed by atoms with Crippen molar-refractivity contribution >= 4 is 23.2 Å². The zero-order chi connectivity index (χ0) is 14.8. The number of thiophene rings is 1. The Labute approximate surface area is 129 Å². The van der Waals surface area contributed by atoms with Crippen molar-refractivity contribution in [2.75, 3.05) is 39.3 Å². The van der Waals surface area contributed by atoms with Crippen LogP contribution >= 0.6 is 11.3 Å². The lowest BCUT2D eigenvalue weighted by Crippen LogP contribution is -2.64. The van der Waals surface area contributed by atoms with Crippen LogP contribution in [-0.2, 0) is 16.0 Å². The smallest absolute Gasteiger partial charge is 0.227 e. The molecule has 0 N–H and O–H groups in total. The van der Waals surface area contributed by atoms with Gasteiger partial charge in [-0.2, -0.15) is 0 Å². The van der Waals surface area contributed by atoms with Gasteiger partial charge in [0.1, 0.15) is 0 Å². The van der Waals surface area contributed by atoms with Crippen LogP contribution in [0.1, 0.15) is 11.8 Å². The van der Waals surface area contributed by atoms with E-state index in [2.05, 4.69) is 4.90 Å². The van der Waals surface area contributed by atoms with E-state index in [-0.39, 0.29) is 11.8 Å². The van der Waals surface area contributed by atoms with Gasteiger partial charge in [-0.1, -0.05) is 6.07 Å². The fourth-order valence-corrected chi connectivity index (χ4v) is 3.66. The van der Waals surface area contributed by atoms with E-state index in [0.717, 1.165) is 44.1 Å². The predicted molar refractivity (Wildman–Crippen MR) is 82.2 cm³/mol. The van der Waals surface area contributed by atoms with Crippen molar-refractivity contribution in [3.63, 3.8) is 0 Å². The van der Waals surface area contributed by atoms with Crippen molar-refractivity contribution in [1.29, 1.82) is 0 Å². The summed E-state index contributed by atoms with van der Waals surface area (Å²) in [7, 11) is 0. The van der Waals surface area contributed by atoms with E-state index in [0.29, 0.717) is 12.5 Å². The molecule has 114 valence electrons. The third-order valence-electron chi connectivity index (χ3n) is 4.40. The summed E-state index contributed by atoms with van der Waals surface area (Å²) in [5.41, 5.74) is 0. The number of carbonyl (C=O) groups is 2. The molecule has 2 saturated heterocycles. The van der Waals surface area contributed by atoms with Crippen LogP contribution < -0.4 is 0 Å². The maximum absolute atomic E-state index is 12.1. The van der Waals surface area contributed by atoms with Gasteiger partial charge in [-0.15, -0.1) is 11.3 Å². The van der Waals surface area contributed by atoms with Crippen LogP contribution in [0.5, 0.6) is 0 Å². The molecule has 1 aromatic heterocycles. The first kappa shape index (κ1) is 14.5. The van der Waals surface area contributed by atoms with Crippen LogP contribution in [0.3, 0.4) is 0 Å². The van der Waals surface area contributed by atoms with Gasteiger partial charge in [0, 0.05) is 57.1 Å². The quantitative estimate of drug-likeness (QED) is 0.824. The molecule has 0 aliphatic carbocycles. The monoisotopic (exact) mass is 307 g/mol. The van der Waals surface area contributed by atoms with E-state index in [1.54, 1.807) is 18.3 Å². The SMILES string of the molecule is CC(=O)N1CCN(C2CN(C(=O)Cc3cccs3)C2)CC1. The highest BCUT2D eigenvalue weighted by Gasteiger charge is 2.36. The summed E-state index contributed by atoms with van der Waals surface area (Å²) in [5.74, 6) is 0.395. The molecule has 6 heteroatoms. The molecule has 3 rings (SSSR count). The maximum Gasteiger partial charge on any atom is 0.227 e. The summed E-state index contributed by atoms with van der Waals surface area (Å²) in [6.45, 7) is 6.79. The van der Waals surface area contributed by atoms with Gasteiger partial charge in [-0.3, -0.25) is 14.5 Å². The second-order valence-electron chi connectivity index (χ2n) is 5.75. The number of carbonyl (C=O) groups excluding carboxylic acids is 2. The third-order valence-corrected chi connectivity index (χ3v) is 5.27. The molecule has 1 aromatic rings. The lowest BCUT2D eigenvalue weighted by Gasteiger charge is -2.48. The Morgan fingerprint density at radius 1 is 1.19 bits per heavy atom. The molecule has 0 atom stereocenters. The molecule has 0 aromatic carbocycles. The number of amides is 2. The van der Waals surface area contributed by atoms with Crippen molar-refractivity contribution in [1.82, 2.24) is 14.7 Å². The average molecular weight is 307 g/mol. The van der Waals surface area contributed by atoms with Crippen LogP contribution in [0.2, 0.25) is 0 Å². The molecule has 2 amide bonds. The van der Waals surface area contributed by atoms with Crippen LogP contribution in [0.4, 0.5) is 0 Å². The number of piperazine rings is 1. The number of hydrogen-bond acceptors (Lipinski definition) is 4. The van der Waals surface area contributed by atoms with Crippen LogP contribution in [0, 0.1) is 0 Å². The zero-order valence-electron chi connectivity index (χ0n) is 12.3. The van der Waals surface area contributed by atoms with Crippen molar-refractivity contribution < 1.29 is 9.59 Å². The number of rotatable bonds is 3. The minimum Gasteiger partial charge on any atom is -0.340 e. The highest BCUT2D eigenvalue weighted by atomic mass is 32.1. The predicted octanol–water partition coefficient (Wildman–Crippen LogP) is 0.665. The lowest BCUT2D eigenvalue weighted by atomic mass is 10.1. The minimum absolute atomic E-state index is 0.163. The molecule has 2 aliphatic heterocycles. The molecule has 0 radical (unpaired) electrons. The normalized spacial score (nSPS) is 20.4. The van der Waals surface area contributed by atoms with E-state index in [4.69, 9.17) is 0 Å². The third kappa shape index (κ3) is 3.27. The zero-order valence-corrected chi connectivity index (χ0v) is 13.1. The highest BCUT2D eigenvalue weighted by molar-refractivity contribution is 7.10. The minimum atomic E-state index is 0.163. The summed E-state index contributed by atoms with van der Waals surface area (Å²) in [6, 6.07) is 4.48. The Kier molecular flexibility index (Phi) is 4.26. The van der Waals surface area contributed by atoms with Crippen LogP contribution in [0.15, 0.2) is 17.5 Å². The van der Waals surface area contributed by atoms with Crippen molar-refractivity contribution in [2.24, 2.45) is 0 Å². The molecule has 2 fully saturated rings. The first-order valence-electron chi connectivity index (χ1n) is 7.43. The standard InChI is InChI=1S/C15H21N3O2S/c1-12(19)16-4-6-17(7-5-16)13-10-18(11-13)15(20)9-14-3-2-8-21-14/h2-3,8,13H,4-7,9-11H2,1H3. The molecule has 5 nitrogen and oxygen atoms in total.